The van der Waals surface area contributed by atoms with Crippen molar-refractivity contribution >= 4 is 51.5 Å². The molecule has 1 atom stereocenters. The highest BCUT2D eigenvalue weighted by Crippen LogP contribution is 2.41. The number of fused-ring (bicyclic) bond motifs is 1. The van der Waals surface area contributed by atoms with Gasteiger partial charge >= 0.3 is 0 Å². The second kappa shape index (κ2) is 10.0. The molecule has 0 aliphatic carbocycles. The van der Waals surface area contributed by atoms with Crippen molar-refractivity contribution < 1.29 is 13.5 Å². The number of aliphatic imine (C=N–C) groups is 1. The van der Waals surface area contributed by atoms with E-state index in [-0.39, 0.29) is 21.6 Å². The van der Waals surface area contributed by atoms with Crippen molar-refractivity contribution in [2.75, 3.05) is 32.9 Å². The standard InChI is InChI=1S/C24H23Cl2FN6O2/c1-13(19-17(25)4-5-18(27)20(19)26)35-22-21-15(10-30-23(22)29)16(11-34-21)14-6-8-33(9-7-14)24(31-12-28)32(2)3/h4-6,10-11,13H,7-9H2,1-3H3,(H2,29,30)/b31-24+/t13-/m1/s1. The number of nitriles is 1. The van der Waals surface area contributed by atoms with E-state index >= 15 is 0 Å². The van der Waals surface area contributed by atoms with Gasteiger partial charge in [0, 0.05) is 49.5 Å². The Morgan fingerprint density at radius 2 is 2.17 bits per heavy atom. The maximum absolute atomic E-state index is 14.0. The van der Waals surface area contributed by atoms with E-state index in [4.69, 9.17) is 43.4 Å². The van der Waals surface area contributed by atoms with Crippen LogP contribution in [0, 0.1) is 17.3 Å². The predicted octanol–water partition coefficient (Wildman–Crippen LogP) is 5.48. The van der Waals surface area contributed by atoms with Gasteiger partial charge in [0.05, 0.1) is 16.7 Å². The fourth-order valence-corrected chi connectivity index (χ4v) is 4.77. The van der Waals surface area contributed by atoms with Crippen molar-refractivity contribution in [3.8, 4) is 11.9 Å². The molecule has 8 nitrogen and oxygen atoms in total. The van der Waals surface area contributed by atoms with Crippen LogP contribution >= 0.6 is 23.2 Å². The van der Waals surface area contributed by atoms with Gasteiger partial charge in [0.2, 0.25) is 17.9 Å². The van der Waals surface area contributed by atoms with Crippen LogP contribution < -0.4 is 10.5 Å². The Balaban J connectivity index is 1.65. The molecule has 11 heteroatoms. The fourth-order valence-electron chi connectivity index (χ4n) is 4.09. The highest BCUT2D eigenvalue weighted by atomic mass is 35.5. The molecule has 1 aliphatic heterocycles. The Morgan fingerprint density at radius 3 is 2.83 bits per heavy atom. The van der Waals surface area contributed by atoms with Gasteiger partial charge in [-0.15, -0.1) is 4.99 Å². The van der Waals surface area contributed by atoms with Crippen molar-refractivity contribution in [2.45, 2.75) is 19.4 Å². The average molecular weight is 517 g/mol. The van der Waals surface area contributed by atoms with Crippen LogP contribution in [0.15, 0.2) is 40.1 Å². The van der Waals surface area contributed by atoms with Gasteiger partial charge in [0.15, 0.2) is 11.4 Å². The van der Waals surface area contributed by atoms with E-state index in [1.54, 1.807) is 19.4 Å². The summed E-state index contributed by atoms with van der Waals surface area (Å²) in [6.45, 7) is 2.95. The summed E-state index contributed by atoms with van der Waals surface area (Å²) in [6.07, 6.45) is 7.19. The van der Waals surface area contributed by atoms with Crippen molar-refractivity contribution in [3.63, 3.8) is 0 Å². The lowest BCUT2D eigenvalue weighted by Crippen LogP contribution is -2.42. The van der Waals surface area contributed by atoms with Crippen LogP contribution in [0.4, 0.5) is 10.2 Å². The molecule has 3 heterocycles. The number of rotatable bonds is 4. The van der Waals surface area contributed by atoms with Gasteiger partial charge < -0.3 is 24.7 Å². The second-order valence-electron chi connectivity index (χ2n) is 8.21. The molecule has 35 heavy (non-hydrogen) atoms. The summed E-state index contributed by atoms with van der Waals surface area (Å²) >= 11 is 12.4. The van der Waals surface area contributed by atoms with Crippen molar-refractivity contribution in [3.05, 3.63) is 57.7 Å². The first-order valence-corrected chi connectivity index (χ1v) is 11.5. The molecule has 0 radical (unpaired) electrons. The van der Waals surface area contributed by atoms with Crippen LogP contribution in [-0.2, 0) is 0 Å². The zero-order chi connectivity index (χ0) is 25.3. The third-order valence-electron chi connectivity index (χ3n) is 5.77. The smallest absolute Gasteiger partial charge is 0.212 e. The monoisotopic (exact) mass is 516 g/mol. The van der Waals surface area contributed by atoms with E-state index in [2.05, 4.69) is 16.1 Å². The number of hydrogen-bond acceptors (Lipinski definition) is 6. The maximum atomic E-state index is 14.0. The van der Waals surface area contributed by atoms with Crippen molar-refractivity contribution in [1.29, 1.82) is 5.26 Å². The normalized spacial score (nSPS) is 15.1. The SMILES string of the molecule is C[C@@H](Oc1c(N)ncc2c(C3=CCN(/C(=N/C#N)N(C)C)CC3)coc12)c1c(Cl)ccc(F)c1Cl. The van der Waals surface area contributed by atoms with Crippen LogP contribution in [0.25, 0.3) is 16.5 Å². The van der Waals surface area contributed by atoms with Crippen LogP contribution in [0.2, 0.25) is 10.0 Å². The first kappa shape index (κ1) is 24.6. The van der Waals surface area contributed by atoms with Crippen molar-refractivity contribution in [1.82, 2.24) is 14.8 Å². The number of ether oxygens (including phenoxy) is 1. The minimum atomic E-state index is -0.722. The molecule has 0 spiro atoms. The zero-order valence-corrected chi connectivity index (χ0v) is 20.9. The molecular formula is C24H23Cl2FN6O2. The molecule has 0 amide bonds. The summed E-state index contributed by atoms with van der Waals surface area (Å²) < 4.78 is 26.0. The van der Waals surface area contributed by atoms with Gasteiger partial charge in [-0.2, -0.15) is 5.26 Å². The van der Waals surface area contributed by atoms with E-state index in [0.29, 0.717) is 36.6 Å². The van der Waals surface area contributed by atoms with Gasteiger partial charge in [-0.1, -0.05) is 29.3 Å². The lowest BCUT2D eigenvalue weighted by Gasteiger charge is -2.31. The molecule has 4 rings (SSSR count). The Labute approximate surface area is 212 Å². The number of pyridine rings is 1. The zero-order valence-electron chi connectivity index (χ0n) is 19.3. The Kier molecular flexibility index (Phi) is 7.05. The van der Waals surface area contributed by atoms with E-state index < -0.39 is 11.9 Å². The molecule has 0 unspecified atom stereocenters. The average Bonchev–Trinajstić information content (AvgIpc) is 3.26. The van der Waals surface area contributed by atoms with E-state index in [9.17, 15) is 4.39 Å². The molecule has 2 N–H and O–H groups in total. The van der Waals surface area contributed by atoms with Gasteiger partial charge in [0.1, 0.15) is 11.9 Å². The molecule has 0 bridgehead atoms. The number of nitrogen functional groups attached to an aromatic ring is 1. The molecule has 2 aromatic heterocycles. The molecule has 1 aromatic carbocycles. The Hall–Kier alpha value is -3.48. The molecule has 0 saturated heterocycles. The summed E-state index contributed by atoms with van der Waals surface area (Å²) in [6, 6.07) is 2.62. The minimum Gasteiger partial charge on any atom is -0.478 e. The fraction of sp³-hybridized carbons (Fsp3) is 0.292. The molecule has 0 saturated carbocycles. The third kappa shape index (κ3) is 4.72. The lowest BCUT2D eigenvalue weighted by molar-refractivity contribution is 0.227. The van der Waals surface area contributed by atoms with Crippen LogP contribution in [0.5, 0.6) is 5.75 Å². The minimum absolute atomic E-state index is 0.113. The Morgan fingerprint density at radius 1 is 1.40 bits per heavy atom. The number of anilines is 1. The number of nitrogens with two attached hydrogens (primary N) is 1. The Bertz CT molecular complexity index is 1380. The first-order valence-electron chi connectivity index (χ1n) is 10.8. The second-order valence-corrected chi connectivity index (χ2v) is 9.00. The van der Waals surface area contributed by atoms with E-state index in [1.165, 1.54) is 12.1 Å². The third-order valence-corrected chi connectivity index (χ3v) is 6.48. The van der Waals surface area contributed by atoms with Crippen LogP contribution in [0.3, 0.4) is 0 Å². The summed E-state index contributed by atoms with van der Waals surface area (Å²) in [7, 11) is 3.70. The van der Waals surface area contributed by atoms with Gasteiger partial charge in [-0.25, -0.2) is 9.37 Å². The number of furan rings is 1. The molecule has 1 aliphatic rings. The largest absolute Gasteiger partial charge is 0.478 e. The highest BCUT2D eigenvalue weighted by molar-refractivity contribution is 6.36. The molecule has 182 valence electrons. The number of benzene rings is 1. The summed E-state index contributed by atoms with van der Waals surface area (Å²) in [4.78, 5) is 12.0. The van der Waals surface area contributed by atoms with Gasteiger partial charge in [0.25, 0.3) is 0 Å². The molecule has 0 fully saturated rings. The number of aromatic nitrogens is 1. The molecular weight excluding hydrogens is 494 g/mol. The first-order chi connectivity index (χ1) is 16.7. The quantitative estimate of drug-likeness (QED) is 0.211. The van der Waals surface area contributed by atoms with Crippen molar-refractivity contribution in [2.24, 2.45) is 4.99 Å². The van der Waals surface area contributed by atoms with E-state index in [1.807, 2.05) is 30.1 Å². The number of nitrogens with zero attached hydrogens (tertiary/aromatic N) is 5. The predicted molar refractivity (Wildman–Crippen MR) is 135 cm³/mol. The van der Waals surface area contributed by atoms with Crippen LogP contribution in [-0.4, -0.2) is 47.9 Å². The summed E-state index contributed by atoms with van der Waals surface area (Å²) in [5.41, 5.74) is 8.78. The van der Waals surface area contributed by atoms with Crippen LogP contribution in [0.1, 0.15) is 30.6 Å². The summed E-state index contributed by atoms with van der Waals surface area (Å²) in [5, 5.41) is 9.88. The van der Waals surface area contributed by atoms with Gasteiger partial charge in [-0.05, 0) is 31.1 Å². The maximum Gasteiger partial charge on any atom is 0.212 e. The van der Waals surface area contributed by atoms with Gasteiger partial charge in [-0.3, -0.25) is 0 Å². The lowest BCUT2D eigenvalue weighted by atomic mass is 9.99. The highest BCUT2D eigenvalue weighted by Gasteiger charge is 2.25. The number of guanidine groups is 1. The molecule has 3 aromatic rings. The number of hydrogen-bond donors (Lipinski definition) is 1. The summed E-state index contributed by atoms with van der Waals surface area (Å²) in [5.74, 6) is 0.364. The number of halogens is 3. The topological polar surface area (TPSA) is 104 Å². The van der Waals surface area contributed by atoms with E-state index in [0.717, 1.165) is 16.5 Å².